The molecule has 0 N–H and O–H groups in total. The molecule has 1 unspecified atom stereocenters. The molecule has 3 heteroatoms. The van der Waals surface area contributed by atoms with Crippen molar-refractivity contribution in [2.24, 2.45) is 0 Å². The van der Waals surface area contributed by atoms with Crippen molar-refractivity contribution in [1.29, 1.82) is 0 Å². The molecule has 0 aromatic carbocycles. The molecule has 0 bridgehead atoms. The van der Waals surface area contributed by atoms with Gasteiger partial charge in [-0.2, -0.15) is 0 Å². The van der Waals surface area contributed by atoms with Gasteiger partial charge in [-0.1, -0.05) is 19.9 Å². The van der Waals surface area contributed by atoms with E-state index in [4.69, 9.17) is 4.74 Å². The molecular weight excluding hydrogens is 178 g/mol. The highest BCUT2D eigenvalue weighted by Crippen LogP contribution is 2.12. The molecule has 3 nitrogen and oxygen atoms in total. The van der Waals surface area contributed by atoms with Crippen molar-refractivity contribution in [2.45, 2.75) is 32.3 Å². The SMILES string of the molecule is C=CC(=O)OC(CCCC)CN1CC1. The van der Waals surface area contributed by atoms with Crippen molar-refractivity contribution in [3.05, 3.63) is 12.7 Å². The van der Waals surface area contributed by atoms with Gasteiger partial charge in [0, 0.05) is 25.7 Å². The second kappa shape index (κ2) is 5.81. The van der Waals surface area contributed by atoms with Crippen LogP contribution in [0.25, 0.3) is 0 Å². The zero-order valence-electron chi connectivity index (χ0n) is 8.87. The Labute approximate surface area is 85.7 Å². The number of unbranched alkanes of at least 4 members (excludes halogenated alkanes) is 1. The third-order valence-corrected chi connectivity index (χ3v) is 2.33. The Bertz CT molecular complexity index is 199. The number of rotatable bonds is 7. The highest BCUT2D eigenvalue weighted by atomic mass is 16.5. The lowest BCUT2D eigenvalue weighted by molar-refractivity contribution is -0.143. The maximum atomic E-state index is 11.0. The molecule has 0 aromatic rings. The van der Waals surface area contributed by atoms with Crippen molar-refractivity contribution < 1.29 is 9.53 Å². The maximum absolute atomic E-state index is 11.0. The fourth-order valence-corrected chi connectivity index (χ4v) is 1.37. The molecule has 1 fully saturated rings. The minimum Gasteiger partial charge on any atom is -0.458 e. The molecule has 0 spiro atoms. The standard InChI is InChI=1S/C11H19NO2/c1-3-5-6-10(9-12-7-8-12)14-11(13)4-2/h4,10H,2-3,5-9H2,1H3. The van der Waals surface area contributed by atoms with E-state index in [2.05, 4.69) is 18.4 Å². The van der Waals surface area contributed by atoms with Crippen LogP contribution in [0.1, 0.15) is 26.2 Å². The van der Waals surface area contributed by atoms with Crippen LogP contribution in [0, 0.1) is 0 Å². The van der Waals surface area contributed by atoms with E-state index in [-0.39, 0.29) is 12.1 Å². The zero-order chi connectivity index (χ0) is 10.4. The van der Waals surface area contributed by atoms with Gasteiger partial charge in [0.05, 0.1) is 0 Å². The summed E-state index contributed by atoms with van der Waals surface area (Å²) in [5.41, 5.74) is 0. The van der Waals surface area contributed by atoms with Crippen molar-refractivity contribution >= 4 is 5.97 Å². The van der Waals surface area contributed by atoms with Gasteiger partial charge < -0.3 is 4.74 Å². The Morgan fingerprint density at radius 2 is 2.36 bits per heavy atom. The predicted octanol–water partition coefficient (Wildman–Crippen LogP) is 1.59. The van der Waals surface area contributed by atoms with Crippen molar-refractivity contribution in [3.8, 4) is 0 Å². The van der Waals surface area contributed by atoms with Crippen LogP contribution in [0.2, 0.25) is 0 Å². The maximum Gasteiger partial charge on any atom is 0.330 e. The lowest BCUT2D eigenvalue weighted by Gasteiger charge is -2.16. The monoisotopic (exact) mass is 197 g/mol. The summed E-state index contributed by atoms with van der Waals surface area (Å²) in [5.74, 6) is -0.298. The first-order valence-corrected chi connectivity index (χ1v) is 5.31. The zero-order valence-corrected chi connectivity index (χ0v) is 8.87. The summed E-state index contributed by atoms with van der Waals surface area (Å²) in [6.07, 6.45) is 4.52. The number of hydrogen-bond acceptors (Lipinski definition) is 3. The molecule has 1 heterocycles. The third kappa shape index (κ3) is 4.42. The summed E-state index contributed by atoms with van der Waals surface area (Å²) in [6, 6.07) is 0. The Balaban J connectivity index is 2.26. The number of carbonyl (C=O) groups is 1. The van der Waals surface area contributed by atoms with Crippen LogP contribution in [0.15, 0.2) is 12.7 Å². The summed E-state index contributed by atoms with van der Waals surface area (Å²) in [6.45, 7) is 8.73. The molecular formula is C11H19NO2. The lowest BCUT2D eigenvalue weighted by Crippen LogP contribution is -2.25. The fourth-order valence-electron chi connectivity index (χ4n) is 1.37. The molecule has 1 rings (SSSR count). The van der Waals surface area contributed by atoms with Crippen molar-refractivity contribution in [3.63, 3.8) is 0 Å². The van der Waals surface area contributed by atoms with E-state index in [1.807, 2.05) is 0 Å². The molecule has 1 atom stereocenters. The fraction of sp³-hybridized carbons (Fsp3) is 0.727. The molecule has 0 radical (unpaired) electrons. The van der Waals surface area contributed by atoms with Gasteiger partial charge >= 0.3 is 5.97 Å². The minimum atomic E-state index is -0.298. The van der Waals surface area contributed by atoms with Crippen LogP contribution in [-0.2, 0) is 9.53 Å². The van der Waals surface area contributed by atoms with Gasteiger partial charge in [0.2, 0.25) is 0 Å². The average molecular weight is 197 g/mol. The second-order valence-electron chi connectivity index (χ2n) is 3.71. The van der Waals surface area contributed by atoms with Crippen LogP contribution in [0.3, 0.4) is 0 Å². The van der Waals surface area contributed by atoms with E-state index in [9.17, 15) is 4.79 Å². The Hall–Kier alpha value is -0.830. The van der Waals surface area contributed by atoms with Crippen LogP contribution in [0.4, 0.5) is 0 Å². The molecule has 0 aromatic heterocycles. The predicted molar refractivity (Wildman–Crippen MR) is 56.0 cm³/mol. The summed E-state index contributed by atoms with van der Waals surface area (Å²) >= 11 is 0. The molecule has 1 saturated heterocycles. The molecule has 14 heavy (non-hydrogen) atoms. The van der Waals surface area contributed by atoms with E-state index in [0.29, 0.717) is 0 Å². The summed E-state index contributed by atoms with van der Waals surface area (Å²) < 4.78 is 5.25. The van der Waals surface area contributed by atoms with E-state index in [0.717, 1.165) is 38.9 Å². The molecule has 0 aliphatic carbocycles. The molecule has 80 valence electrons. The Kier molecular flexibility index (Phi) is 4.66. The lowest BCUT2D eigenvalue weighted by atomic mass is 10.1. The second-order valence-corrected chi connectivity index (χ2v) is 3.71. The number of nitrogens with zero attached hydrogens (tertiary/aromatic N) is 1. The van der Waals surface area contributed by atoms with Gasteiger partial charge in [-0.05, 0) is 12.8 Å². The normalized spacial score (nSPS) is 17.5. The largest absolute Gasteiger partial charge is 0.458 e. The van der Waals surface area contributed by atoms with E-state index in [1.54, 1.807) is 0 Å². The Morgan fingerprint density at radius 1 is 1.64 bits per heavy atom. The first-order valence-electron chi connectivity index (χ1n) is 5.31. The topological polar surface area (TPSA) is 29.3 Å². The number of hydrogen-bond donors (Lipinski definition) is 0. The number of ether oxygens (including phenoxy) is 1. The van der Waals surface area contributed by atoms with E-state index >= 15 is 0 Å². The van der Waals surface area contributed by atoms with Gasteiger partial charge in [0.25, 0.3) is 0 Å². The summed E-state index contributed by atoms with van der Waals surface area (Å²) in [5, 5.41) is 0. The van der Waals surface area contributed by atoms with Crippen LogP contribution < -0.4 is 0 Å². The van der Waals surface area contributed by atoms with Gasteiger partial charge in [-0.25, -0.2) is 4.79 Å². The van der Waals surface area contributed by atoms with Crippen LogP contribution in [0.5, 0.6) is 0 Å². The van der Waals surface area contributed by atoms with Crippen molar-refractivity contribution in [1.82, 2.24) is 4.90 Å². The third-order valence-electron chi connectivity index (χ3n) is 2.33. The average Bonchev–Trinajstić information content (AvgIpc) is 2.97. The van der Waals surface area contributed by atoms with E-state index < -0.39 is 0 Å². The summed E-state index contributed by atoms with van der Waals surface area (Å²) in [7, 11) is 0. The molecule has 0 saturated carbocycles. The minimum absolute atomic E-state index is 0.0583. The molecule has 0 amide bonds. The van der Waals surface area contributed by atoms with E-state index in [1.165, 1.54) is 6.08 Å². The highest BCUT2D eigenvalue weighted by Gasteiger charge is 2.23. The van der Waals surface area contributed by atoms with Gasteiger partial charge in [0.15, 0.2) is 0 Å². The molecule has 1 aliphatic heterocycles. The quantitative estimate of drug-likeness (QED) is 0.352. The van der Waals surface area contributed by atoms with Gasteiger partial charge in [-0.15, -0.1) is 0 Å². The van der Waals surface area contributed by atoms with Gasteiger partial charge in [-0.3, -0.25) is 4.90 Å². The van der Waals surface area contributed by atoms with Crippen molar-refractivity contribution in [2.75, 3.05) is 19.6 Å². The van der Waals surface area contributed by atoms with Crippen LogP contribution in [-0.4, -0.2) is 36.6 Å². The number of esters is 1. The van der Waals surface area contributed by atoms with Gasteiger partial charge in [0.1, 0.15) is 6.10 Å². The Morgan fingerprint density at radius 3 is 2.86 bits per heavy atom. The summed E-state index contributed by atoms with van der Waals surface area (Å²) in [4.78, 5) is 13.3. The molecule has 1 aliphatic rings. The number of carbonyl (C=O) groups excluding carboxylic acids is 1. The first kappa shape index (κ1) is 11.2. The smallest absolute Gasteiger partial charge is 0.330 e. The highest BCUT2D eigenvalue weighted by molar-refractivity contribution is 5.81. The van der Waals surface area contributed by atoms with Crippen LogP contribution >= 0.6 is 0 Å². The first-order chi connectivity index (χ1) is 6.76.